The molecular formula is C36H67NO11P+. The topological polar surface area (TPSA) is 163 Å². The quantitative estimate of drug-likeness (QED) is 0.0220. The van der Waals surface area contributed by atoms with Crippen LogP contribution in [0.5, 0.6) is 0 Å². The van der Waals surface area contributed by atoms with Gasteiger partial charge in [-0.1, -0.05) is 103 Å². The Labute approximate surface area is 295 Å². The van der Waals surface area contributed by atoms with Crippen molar-refractivity contribution in [3.63, 3.8) is 0 Å². The van der Waals surface area contributed by atoms with Crippen molar-refractivity contribution >= 4 is 31.5 Å². The molecule has 2 N–H and O–H groups in total. The molecule has 0 aliphatic carbocycles. The van der Waals surface area contributed by atoms with E-state index < -0.39 is 38.4 Å². The number of likely N-dealkylation sites (N-methyl/N-ethyl adjacent to an activating group) is 1. The van der Waals surface area contributed by atoms with Crippen molar-refractivity contribution in [3.8, 4) is 0 Å². The van der Waals surface area contributed by atoms with E-state index in [9.17, 15) is 28.6 Å². The Bertz CT molecular complexity index is 981. The Morgan fingerprint density at radius 3 is 1.61 bits per heavy atom. The maximum absolute atomic E-state index is 12.5. The predicted molar refractivity (Wildman–Crippen MR) is 190 cm³/mol. The second kappa shape index (κ2) is 29.6. The Morgan fingerprint density at radius 1 is 0.653 bits per heavy atom. The summed E-state index contributed by atoms with van der Waals surface area (Å²) in [4.78, 5) is 57.1. The first-order valence-electron chi connectivity index (χ1n) is 18.5. The summed E-state index contributed by atoms with van der Waals surface area (Å²) in [7, 11) is 1.32. The van der Waals surface area contributed by atoms with Gasteiger partial charge in [-0.05, 0) is 25.3 Å². The Balaban J connectivity index is 4.49. The van der Waals surface area contributed by atoms with Crippen LogP contribution in [0.3, 0.4) is 0 Å². The Morgan fingerprint density at radius 2 is 1.12 bits per heavy atom. The molecule has 0 bridgehead atoms. The molecule has 0 radical (unpaired) electrons. The molecule has 0 aromatic rings. The third-order valence-electron chi connectivity index (χ3n) is 7.87. The number of quaternary nitrogens is 1. The average Bonchev–Trinajstić information content (AvgIpc) is 3.02. The molecule has 0 aromatic carbocycles. The van der Waals surface area contributed by atoms with Crippen LogP contribution in [-0.2, 0) is 42.3 Å². The smallest absolute Gasteiger partial charge is 0.472 e. The van der Waals surface area contributed by atoms with Gasteiger partial charge in [0.15, 0.2) is 11.9 Å². The van der Waals surface area contributed by atoms with Gasteiger partial charge < -0.3 is 24.0 Å². The van der Waals surface area contributed by atoms with Gasteiger partial charge in [-0.3, -0.25) is 23.4 Å². The lowest BCUT2D eigenvalue weighted by atomic mass is 10.0. The fraction of sp³-hybridized carbons (Fsp3) is 0.833. The van der Waals surface area contributed by atoms with E-state index in [1.54, 1.807) is 0 Å². The second-order valence-corrected chi connectivity index (χ2v) is 15.3. The molecule has 0 fully saturated rings. The van der Waals surface area contributed by atoms with E-state index >= 15 is 0 Å². The van der Waals surface area contributed by atoms with E-state index in [0.717, 1.165) is 50.7 Å². The number of hydrogen-bond acceptors (Lipinski definition) is 9. The minimum atomic E-state index is -4.42. The fourth-order valence-corrected chi connectivity index (χ4v) is 5.64. The molecule has 49 heavy (non-hydrogen) atoms. The molecule has 12 nitrogen and oxygen atoms in total. The number of aliphatic carboxylic acids is 1. The second-order valence-electron chi connectivity index (χ2n) is 13.8. The van der Waals surface area contributed by atoms with Crippen molar-refractivity contribution in [2.24, 2.45) is 0 Å². The number of rotatable bonds is 34. The van der Waals surface area contributed by atoms with Gasteiger partial charge in [0.1, 0.15) is 19.8 Å². The van der Waals surface area contributed by atoms with Crippen LogP contribution in [0.4, 0.5) is 0 Å². The first kappa shape index (κ1) is 46.9. The van der Waals surface area contributed by atoms with Gasteiger partial charge in [0.25, 0.3) is 0 Å². The van der Waals surface area contributed by atoms with Crippen LogP contribution < -0.4 is 0 Å². The van der Waals surface area contributed by atoms with Crippen LogP contribution >= 0.6 is 7.82 Å². The zero-order valence-corrected chi connectivity index (χ0v) is 31.8. The largest absolute Gasteiger partial charge is 0.478 e. The molecule has 0 amide bonds. The van der Waals surface area contributed by atoms with E-state index in [2.05, 4.69) is 6.92 Å². The number of carbonyl (C=O) groups is 4. The van der Waals surface area contributed by atoms with Gasteiger partial charge in [0.05, 0.1) is 27.7 Å². The standard InChI is InChI=1S/C36H66NO11P/c1-5-6-7-8-9-10-11-12-13-14-15-18-21-24-35(41)45-30-33(31-47-49(43,44)46-29-28-37(2,3)4)48-36(42)25-22-19-16-17-20-23-32(38)26-27-34(39)40/h26-27,33H,5-25,28-31H2,1-4H3,(H-,39,40,43,44)/p+1/t33-/m1/s1. The highest BCUT2D eigenvalue weighted by atomic mass is 31.2. The minimum absolute atomic E-state index is 0.0109. The zero-order valence-electron chi connectivity index (χ0n) is 30.9. The van der Waals surface area contributed by atoms with Crippen LogP contribution in [-0.4, -0.2) is 91.8 Å². The molecule has 0 aromatic heterocycles. The van der Waals surface area contributed by atoms with Crippen LogP contribution in [0.2, 0.25) is 0 Å². The third kappa shape index (κ3) is 34.1. The lowest BCUT2D eigenvalue weighted by Crippen LogP contribution is -2.37. The summed E-state index contributed by atoms with van der Waals surface area (Å²) in [6, 6.07) is 0. The molecule has 0 rings (SSSR count). The van der Waals surface area contributed by atoms with Crippen molar-refractivity contribution in [1.82, 2.24) is 0 Å². The molecule has 1 unspecified atom stereocenters. The van der Waals surface area contributed by atoms with Crippen LogP contribution in [0.1, 0.15) is 142 Å². The number of nitrogens with zero attached hydrogens (tertiary/aromatic N) is 1. The van der Waals surface area contributed by atoms with Gasteiger partial charge in [-0.15, -0.1) is 0 Å². The predicted octanol–water partition coefficient (Wildman–Crippen LogP) is 7.70. The number of unbranched alkanes of at least 4 members (excludes halogenated alkanes) is 16. The van der Waals surface area contributed by atoms with E-state index in [1.807, 2.05) is 21.1 Å². The number of carboxylic acids is 1. The molecule has 286 valence electrons. The SMILES string of the molecule is CCCCCCCCCCCCCCCC(=O)OC[C@H](COP(=O)(O)OCC[N+](C)(C)C)OC(=O)CCCCCCCC(=O)C=CC(=O)O. The van der Waals surface area contributed by atoms with Crippen molar-refractivity contribution in [2.75, 3.05) is 47.5 Å². The minimum Gasteiger partial charge on any atom is -0.478 e. The molecule has 0 spiro atoms. The first-order valence-corrected chi connectivity index (χ1v) is 19.9. The number of hydrogen-bond donors (Lipinski definition) is 2. The van der Waals surface area contributed by atoms with Gasteiger partial charge in [0, 0.05) is 25.3 Å². The average molecular weight is 721 g/mol. The molecule has 0 heterocycles. The first-order chi connectivity index (χ1) is 23.2. The molecular weight excluding hydrogens is 653 g/mol. The van der Waals surface area contributed by atoms with Crippen LogP contribution in [0.15, 0.2) is 12.2 Å². The lowest BCUT2D eigenvalue weighted by Gasteiger charge is -2.24. The summed E-state index contributed by atoms with van der Waals surface area (Å²) >= 11 is 0. The van der Waals surface area contributed by atoms with E-state index in [1.165, 1.54) is 57.8 Å². The number of phosphoric acid groups is 1. The summed E-state index contributed by atoms with van der Waals surface area (Å²) < 4.78 is 33.8. The zero-order chi connectivity index (χ0) is 36.8. The molecule has 0 saturated carbocycles. The van der Waals surface area contributed by atoms with Crippen molar-refractivity contribution < 1.29 is 56.7 Å². The molecule has 0 saturated heterocycles. The summed E-state index contributed by atoms with van der Waals surface area (Å²) in [6.07, 6.45) is 20.4. The van der Waals surface area contributed by atoms with E-state index in [0.29, 0.717) is 30.3 Å². The van der Waals surface area contributed by atoms with Crippen LogP contribution in [0, 0.1) is 0 Å². The Hall–Kier alpha value is -2.11. The van der Waals surface area contributed by atoms with Crippen LogP contribution in [0.25, 0.3) is 0 Å². The highest BCUT2D eigenvalue weighted by Gasteiger charge is 2.27. The van der Waals surface area contributed by atoms with Crippen molar-refractivity contribution in [3.05, 3.63) is 12.2 Å². The number of ketones is 1. The summed E-state index contributed by atoms with van der Waals surface area (Å²) in [5.74, 6) is -2.37. The molecule has 0 aliphatic heterocycles. The number of carbonyl (C=O) groups excluding carboxylic acids is 3. The summed E-state index contributed by atoms with van der Waals surface area (Å²) in [5, 5.41) is 8.57. The van der Waals surface area contributed by atoms with E-state index in [-0.39, 0.29) is 38.3 Å². The monoisotopic (exact) mass is 720 g/mol. The molecule has 2 atom stereocenters. The molecule has 13 heteroatoms. The highest BCUT2D eigenvalue weighted by molar-refractivity contribution is 7.47. The van der Waals surface area contributed by atoms with Gasteiger partial charge in [0.2, 0.25) is 0 Å². The van der Waals surface area contributed by atoms with Crippen molar-refractivity contribution in [2.45, 2.75) is 148 Å². The Kier molecular flexibility index (Phi) is 28.3. The summed E-state index contributed by atoms with van der Waals surface area (Å²) in [5.41, 5.74) is 0. The van der Waals surface area contributed by atoms with E-state index in [4.69, 9.17) is 23.6 Å². The number of phosphoric ester groups is 1. The summed E-state index contributed by atoms with van der Waals surface area (Å²) in [6.45, 7) is 1.93. The number of allylic oxidation sites excluding steroid dienone is 1. The van der Waals surface area contributed by atoms with Gasteiger partial charge in [-0.2, -0.15) is 0 Å². The number of ether oxygens (including phenoxy) is 2. The normalized spacial score (nSPS) is 13.7. The fourth-order valence-electron chi connectivity index (χ4n) is 4.90. The van der Waals surface area contributed by atoms with Gasteiger partial charge in [-0.25, -0.2) is 9.36 Å². The van der Waals surface area contributed by atoms with Crippen molar-refractivity contribution in [1.29, 1.82) is 0 Å². The molecule has 0 aliphatic rings. The maximum atomic E-state index is 12.5. The number of carboxylic acid groups (broad SMARTS) is 1. The highest BCUT2D eigenvalue weighted by Crippen LogP contribution is 2.43. The third-order valence-corrected chi connectivity index (χ3v) is 8.85. The lowest BCUT2D eigenvalue weighted by molar-refractivity contribution is -0.870. The number of esters is 2. The maximum Gasteiger partial charge on any atom is 0.472 e. The van der Waals surface area contributed by atoms with Gasteiger partial charge >= 0.3 is 25.7 Å².